The van der Waals surface area contributed by atoms with Gasteiger partial charge in [-0.2, -0.15) is 0 Å². The molecule has 2 heterocycles. The summed E-state index contributed by atoms with van der Waals surface area (Å²) in [5.41, 5.74) is 1.88. The summed E-state index contributed by atoms with van der Waals surface area (Å²) < 4.78 is 4.87. The summed E-state index contributed by atoms with van der Waals surface area (Å²) in [4.78, 5) is 25.9. The van der Waals surface area contributed by atoms with Crippen LogP contribution >= 0.6 is 11.8 Å². The van der Waals surface area contributed by atoms with Crippen molar-refractivity contribution in [2.24, 2.45) is 0 Å². The van der Waals surface area contributed by atoms with Gasteiger partial charge in [-0.3, -0.25) is 0 Å². The first kappa shape index (κ1) is 10.9. The van der Waals surface area contributed by atoms with Crippen LogP contribution < -0.4 is 5.11 Å². The molecule has 0 N–H and O–H groups in total. The van der Waals surface area contributed by atoms with Gasteiger partial charge < -0.3 is 14.6 Å². The fourth-order valence-electron chi connectivity index (χ4n) is 1.49. The van der Waals surface area contributed by atoms with Crippen molar-refractivity contribution in [3.63, 3.8) is 0 Å². The van der Waals surface area contributed by atoms with Gasteiger partial charge in [0.2, 0.25) is 0 Å². The van der Waals surface area contributed by atoms with Crippen molar-refractivity contribution in [2.45, 2.75) is 18.6 Å². The summed E-state index contributed by atoms with van der Waals surface area (Å²) in [5.74, 6) is -1.85. The van der Waals surface area contributed by atoms with E-state index in [0.29, 0.717) is 10.6 Å². The van der Waals surface area contributed by atoms with Crippen LogP contribution in [0, 0.1) is 6.92 Å². The predicted octanol–water partition coefficient (Wildman–Crippen LogP) is -0.0976. The number of thioether (sulfide) groups is 1. The number of aliphatic carboxylic acids is 1. The van der Waals surface area contributed by atoms with Gasteiger partial charge in [-0.15, -0.1) is 0 Å². The number of carboxylic acids is 1. The summed E-state index contributed by atoms with van der Waals surface area (Å²) in [5, 5.41) is 10.8. The van der Waals surface area contributed by atoms with E-state index in [1.807, 2.05) is 0 Å². The molecule has 1 aliphatic heterocycles. The zero-order valence-electron chi connectivity index (χ0n) is 8.48. The van der Waals surface area contributed by atoms with Gasteiger partial charge in [0.15, 0.2) is 0 Å². The molecule has 0 unspecified atom stereocenters. The second kappa shape index (κ2) is 4.13. The van der Waals surface area contributed by atoms with Gasteiger partial charge in [0.25, 0.3) is 0 Å². The van der Waals surface area contributed by atoms with Gasteiger partial charge in [0.05, 0.1) is 11.5 Å². The second-order valence-corrected chi connectivity index (χ2v) is 4.30. The number of aryl methyl sites for hydroxylation is 1. The minimum Gasteiger partial charge on any atom is -0.549 e. The number of carbonyl (C=O) groups excluding carboxylic acids is 2. The zero-order valence-corrected chi connectivity index (χ0v) is 9.30. The Morgan fingerprint density at radius 1 is 1.69 bits per heavy atom. The number of hydrogen-bond acceptors (Lipinski definition) is 6. The third-order valence-electron chi connectivity index (χ3n) is 2.09. The molecule has 0 aliphatic carbocycles. The lowest BCUT2D eigenvalue weighted by atomic mass is 10.1. The van der Waals surface area contributed by atoms with E-state index < -0.39 is 11.9 Å². The lowest BCUT2D eigenvalue weighted by molar-refractivity contribution is -0.301. The Bertz CT molecular complexity index is 472. The van der Waals surface area contributed by atoms with E-state index in [-0.39, 0.29) is 12.4 Å². The molecule has 0 aromatic carbocycles. The fraction of sp³-hybridized carbons (Fsp3) is 0.300. The monoisotopic (exact) mass is 238 g/mol. The van der Waals surface area contributed by atoms with E-state index >= 15 is 0 Å². The van der Waals surface area contributed by atoms with E-state index in [0.717, 1.165) is 23.0 Å². The van der Waals surface area contributed by atoms with Crippen LogP contribution in [0.25, 0.3) is 0 Å². The highest BCUT2D eigenvalue weighted by Gasteiger charge is 2.26. The minimum absolute atomic E-state index is 0.226. The van der Waals surface area contributed by atoms with Gasteiger partial charge in [-0.25, -0.2) is 9.78 Å². The first-order valence-electron chi connectivity index (χ1n) is 4.58. The van der Waals surface area contributed by atoms with Crippen LogP contribution in [0.5, 0.6) is 0 Å². The third kappa shape index (κ3) is 2.01. The molecule has 0 radical (unpaired) electrons. The number of carboxylic acid groups (broad SMARTS) is 1. The summed E-state index contributed by atoms with van der Waals surface area (Å²) in [6, 6.07) is 1.77. The molecule has 16 heavy (non-hydrogen) atoms. The molecule has 1 aliphatic rings. The number of pyridine rings is 1. The van der Waals surface area contributed by atoms with Crippen LogP contribution in [0.15, 0.2) is 11.1 Å². The average molecular weight is 238 g/mol. The molecule has 5 nitrogen and oxygen atoms in total. The molecule has 0 bridgehead atoms. The van der Waals surface area contributed by atoms with Crippen molar-refractivity contribution in [2.75, 3.05) is 5.75 Å². The third-order valence-corrected chi connectivity index (χ3v) is 3.03. The Kier molecular flexibility index (Phi) is 2.82. The highest BCUT2D eigenvalue weighted by Crippen LogP contribution is 2.29. The highest BCUT2D eigenvalue weighted by atomic mass is 32.2. The van der Waals surface area contributed by atoms with E-state index in [2.05, 4.69) is 4.98 Å². The molecular formula is C10H8NO4S-. The highest BCUT2D eigenvalue weighted by molar-refractivity contribution is 7.99. The Labute approximate surface area is 95.8 Å². The maximum absolute atomic E-state index is 11.4. The van der Waals surface area contributed by atoms with Gasteiger partial charge in [-0.05, 0) is 13.0 Å². The smallest absolute Gasteiger partial charge is 0.341 e. The van der Waals surface area contributed by atoms with Crippen LogP contribution in [-0.2, 0) is 16.1 Å². The molecule has 84 valence electrons. The summed E-state index contributed by atoms with van der Waals surface area (Å²) in [7, 11) is 0. The van der Waals surface area contributed by atoms with Gasteiger partial charge >= 0.3 is 5.97 Å². The van der Waals surface area contributed by atoms with Crippen LogP contribution in [0.1, 0.15) is 21.6 Å². The van der Waals surface area contributed by atoms with Crippen LogP contribution in [0.4, 0.5) is 0 Å². The first-order chi connectivity index (χ1) is 7.58. The largest absolute Gasteiger partial charge is 0.549 e. The topological polar surface area (TPSA) is 79.3 Å². The molecule has 2 rings (SSSR count). The fourth-order valence-corrected chi connectivity index (χ4v) is 2.31. The number of carbonyl (C=O) groups is 2. The molecule has 1 aromatic heterocycles. The standard InChI is InChI=1S/C10H9NO4S/c1-5-2-6-3-15-10(14)8(6)9(11-5)16-4-7(12)13/h2H,3-4H2,1H3,(H,12,13)/p-1. The van der Waals surface area contributed by atoms with Crippen LogP contribution in [0.2, 0.25) is 0 Å². The van der Waals surface area contributed by atoms with E-state index in [4.69, 9.17) is 4.74 Å². The molecule has 6 heteroatoms. The number of fused-ring (bicyclic) bond motifs is 1. The number of rotatable bonds is 3. The Balaban J connectivity index is 2.36. The quantitative estimate of drug-likeness (QED) is 0.540. The number of hydrogen-bond donors (Lipinski definition) is 0. The Hall–Kier alpha value is -1.56. The zero-order chi connectivity index (χ0) is 11.7. The molecule has 0 fully saturated rings. The van der Waals surface area contributed by atoms with Gasteiger partial charge in [-0.1, -0.05) is 11.8 Å². The molecule has 0 saturated heterocycles. The van der Waals surface area contributed by atoms with Crippen molar-refractivity contribution in [3.05, 3.63) is 22.9 Å². The number of cyclic esters (lactones) is 1. The van der Waals surface area contributed by atoms with Crippen molar-refractivity contribution < 1.29 is 19.4 Å². The molecule has 0 saturated carbocycles. The maximum Gasteiger partial charge on any atom is 0.341 e. The molecule has 0 atom stereocenters. The van der Waals surface area contributed by atoms with E-state index in [1.165, 1.54) is 0 Å². The van der Waals surface area contributed by atoms with Crippen molar-refractivity contribution in [1.82, 2.24) is 4.98 Å². The normalized spacial score (nSPS) is 13.4. The number of esters is 1. The lowest BCUT2D eigenvalue weighted by Crippen LogP contribution is -2.24. The van der Waals surface area contributed by atoms with E-state index in [9.17, 15) is 14.7 Å². The number of nitrogens with zero attached hydrogens (tertiary/aromatic N) is 1. The van der Waals surface area contributed by atoms with Gasteiger partial charge in [0, 0.05) is 17.0 Å². The Morgan fingerprint density at radius 3 is 3.12 bits per heavy atom. The molecule has 0 amide bonds. The average Bonchev–Trinajstić information content (AvgIpc) is 2.56. The molecule has 1 aromatic rings. The predicted molar refractivity (Wildman–Crippen MR) is 53.8 cm³/mol. The maximum atomic E-state index is 11.4. The first-order valence-corrected chi connectivity index (χ1v) is 5.57. The van der Waals surface area contributed by atoms with Crippen molar-refractivity contribution in [3.8, 4) is 0 Å². The van der Waals surface area contributed by atoms with Crippen molar-refractivity contribution >= 4 is 23.7 Å². The lowest BCUT2D eigenvalue weighted by Gasteiger charge is -2.06. The minimum atomic E-state index is -1.19. The van der Waals surface area contributed by atoms with Gasteiger partial charge in [0.1, 0.15) is 11.6 Å². The second-order valence-electron chi connectivity index (χ2n) is 3.34. The summed E-state index contributed by atoms with van der Waals surface area (Å²) in [6.45, 7) is 2.02. The number of aromatic nitrogens is 1. The van der Waals surface area contributed by atoms with Crippen LogP contribution in [0.3, 0.4) is 0 Å². The summed E-state index contributed by atoms with van der Waals surface area (Å²) in [6.07, 6.45) is 0. The summed E-state index contributed by atoms with van der Waals surface area (Å²) >= 11 is 0.978. The van der Waals surface area contributed by atoms with Crippen LogP contribution in [-0.4, -0.2) is 22.7 Å². The van der Waals surface area contributed by atoms with E-state index in [1.54, 1.807) is 13.0 Å². The van der Waals surface area contributed by atoms with Crippen molar-refractivity contribution in [1.29, 1.82) is 0 Å². The SMILES string of the molecule is Cc1cc2c(c(SCC(=O)[O-])n1)C(=O)OC2. The molecular weight excluding hydrogens is 230 g/mol. The molecule has 0 spiro atoms. The Morgan fingerprint density at radius 2 is 2.44 bits per heavy atom. The number of ether oxygens (including phenoxy) is 1.